The maximum atomic E-state index is 12.8. The van der Waals surface area contributed by atoms with Crippen LogP contribution in [0.2, 0.25) is 0 Å². The van der Waals surface area contributed by atoms with Crippen LogP contribution in [0.25, 0.3) is 0 Å². The zero-order chi connectivity index (χ0) is 15.6. The lowest BCUT2D eigenvalue weighted by molar-refractivity contribution is -0.145. The van der Waals surface area contributed by atoms with Gasteiger partial charge in [0.2, 0.25) is 5.82 Å². The third-order valence-electron chi connectivity index (χ3n) is 2.35. The van der Waals surface area contributed by atoms with Crippen LogP contribution in [0.1, 0.15) is 12.7 Å². The fraction of sp³-hybridized carbons (Fsp3) is 0.400. The summed E-state index contributed by atoms with van der Waals surface area (Å²) < 4.78 is 39.5. The van der Waals surface area contributed by atoms with Gasteiger partial charge in [0.25, 0.3) is 0 Å². The second-order valence-electron chi connectivity index (χ2n) is 3.92. The third kappa shape index (κ3) is 3.54. The van der Waals surface area contributed by atoms with Crippen molar-refractivity contribution < 1.29 is 13.2 Å². The monoisotopic (exact) mass is 320 g/mol. The van der Waals surface area contributed by atoms with Crippen LogP contribution in [-0.4, -0.2) is 31.3 Å². The number of anilines is 1. The first-order chi connectivity index (χ1) is 9.81. The number of hydrogen-bond acceptors (Lipinski definition) is 6. The van der Waals surface area contributed by atoms with E-state index in [4.69, 9.17) is 0 Å². The van der Waals surface area contributed by atoms with Crippen molar-refractivity contribution in [3.8, 4) is 0 Å². The van der Waals surface area contributed by atoms with Gasteiger partial charge in [-0.3, -0.25) is 4.57 Å². The second kappa shape index (κ2) is 5.76. The number of aromatic amines is 1. The molecule has 11 heteroatoms. The molecule has 0 unspecified atom stereocenters. The fourth-order valence-electron chi connectivity index (χ4n) is 1.39. The molecule has 2 heterocycles. The van der Waals surface area contributed by atoms with E-state index in [1.165, 1.54) is 17.7 Å². The maximum absolute atomic E-state index is 12.8. The van der Waals surface area contributed by atoms with E-state index in [1.807, 2.05) is 0 Å². The molecule has 0 amide bonds. The standard InChI is InChI=1S/C10H11F3N6OS/c1-3-14-5-4-6(16-7(15-5)10(11,12)13)21-9-18-17-8(20)19(9)2/h4H,3H2,1-2H3,(H,17,20)(H,14,15,16). The van der Waals surface area contributed by atoms with Crippen LogP contribution in [0.3, 0.4) is 0 Å². The highest BCUT2D eigenvalue weighted by Gasteiger charge is 2.35. The van der Waals surface area contributed by atoms with Gasteiger partial charge >= 0.3 is 11.9 Å². The van der Waals surface area contributed by atoms with E-state index in [-0.39, 0.29) is 16.0 Å². The average Bonchev–Trinajstić information content (AvgIpc) is 2.70. The molecule has 2 rings (SSSR count). The maximum Gasteiger partial charge on any atom is 0.451 e. The minimum Gasteiger partial charge on any atom is -0.370 e. The average molecular weight is 320 g/mol. The van der Waals surface area contributed by atoms with Crippen molar-refractivity contribution in [2.75, 3.05) is 11.9 Å². The van der Waals surface area contributed by atoms with Gasteiger partial charge in [0, 0.05) is 19.7 Å². The van der Waals surface area contributed by atoms with Crippen molar-refractivity contribution in [3.63, 3.8) is 0 Å². The third-order valence-corrected chi connectivity index (χ3v) is 3.31. The van der Waals surface area contributed by atoms with E-state index in [2.05, 4.69) is 25.5 Å². The number of aromatic nitrogens is 5. The second-order valence-corrected chi connectivity index (χ2v) is 4.90. The van der Waals surface area contributed by atoms with Gasteiger partial charge in [0.1, 0.15) is 10.8 Å². The van der Waals surface area contributed by atoms with Crippen LogP contribution in [0.5, 0.6) is 0 Å². The number of rotatable bonds is 4. The van der Waals surface area contributed by atoms with E-state index in [0.29, 0.717) is 6.54 Å². The molecular weight excluding hydrogens is 309 g/mol. The Morgan fingerprint density at radius 1 is 1.43 bits per heavy atom. The van der Waals surface area contributed by atoms with Gasteiger partial charge in [-0.2, -0.15) is 13.2 Å². The van der Waals surface area contributed by atoms with E-state index in [9.17, 15) is 18.0 Å². The number of nitrogens with zero attached hydrogens (tertiary/aromatic N) is 4. The first-order valence-electron chi connectivity index (χ1n) is 5.80. The highest BCUT2D eigenvalue weighted by Crippen LogP contribution is 2.31. The minimum absolute atomic E-state index is 0.0374. The first kappa shape index (κ1) is 15.4. The van der Waals surface area contributed by atoms with Gasteiger partial charge in [-0.05, 0) is 18.7 Å². The highest BCUT2D eigenvalue weighted by atomic mass is 32.2. The SMILES string of the molecule is CCNc1cc(Sc2n[nH]c(=O)n2C)nc(C(F)(F)F)n1. The molecule has 2 N–H and O–H groups in total. The van der Waals surface area contributed by atoms with Crippen LogP contribution in [0.4, 0.5) is 19.0 Å². The number of H-pyrrole nitrogens is 1. The van der Waals surface area contributed by atoms with Crippen molar-refractivity contribution in [1.82, 2.24) is 24.7 Å². The zero-order valence-corrected chi connectivity index (χ0v) is 11.8. The summed E-state index contributed by atoms with van der Waals surface area (Å²) in [4.78, 5) is 18.1. The Morgan fingerprint density at radius 2 is 2.14 bits per heavy atom. The van der Waals surface area contributed by atoms with Gasteiger partial charge < -0.3 is 5.32 Å². The lowest BCUT2D eigenvalue weighted by Crippen LogP contribution is -2.14. The van der Waals surface area contributed by atoms with Crippen LogP contribution >= 0.6 is 11.8 Å². The summed E-state index contributed by atoms with van der Waals surface area (Å²) in [6.45, 7) is 2.15. The Balaban J connectivity index is 2.40. The topological polar surface area (TPSA) is 88.5 Å². The molecule has 0 aliphatic rings. The predicted molar refractivity (Wildman–Crippen MR) is 69.1 cm³/mol. The van der Waals surface area contributed by atoms with Crippen molar-refractivity contribution in [2.45, 2.75) is 23.3 Å². The molecule has 21 heavy (non-hydrogen) atoms. The van der Waals surface area contributed by atoms with Crippen LogP contribution in [0.15, 0.2) is 21.0 Å². The smallest absolute Gasteiger partial charge is 0.370 e. The van der Waals surface area contributed by atoms with Gasteiger partial charge in [-0.15, -0.1) is 5.10 Å². The summed E-state index contributed by atoms with van der Waals surface area (Å²) >= 11 is 0.835. The Bertz CT molecular complexity index is 695. The van der Waals surface area contributed by atoms with Crippen molar-refractivity contribution in [2.24, 2.45) is 7.05 Å². The van der Waals surface area contributed by atoms with Crippen molar-refractivity contribution in [1.29, 1.82) is 0 Å². The molecule has 0 atom stereocenters. The number of halogens is 3. The molecule has 0 radical (unpaired) electrons. The lowest BCUT2D eigenvalue weighted by Gasteiger charge is -2.10. The molecule has 0 aliphatic heterocycles. The molecule has 0 aromatic carbocycles. The highest BCUT2D eigenvalue weighted by molar-refractivity contribution is 7.99. The predicted octanol–water partition coefficient (Wildman–Crippen LogP) is 1.50. The fourth-order valence-corrected chi connectivity index (χ4v) is 2.19. The molecule has 0 saturated heterocycles. The Morgan fingerprint density at radius 3 is 2.67 bits per heavy atom. The van der Waals surface area contributed by atoms with Crippen LogP contribution in [-0.2, 0) is 13.2 Å². The normalized spacial score (nSPS) is 11.7. The molecule has 7 nitrogen and oxygen atoms in total. The number of alkyl halides is 3. The summed E-state index contributed by atoms with van der Waals surface area (Å²) in [5, 5.41) is 8.85. The molecule has 0 aliphatic carbocycles. The summed E-state index contributed by atoms with van der Waals surface area (Å²) in [5.74, 6) is -1.19. The molecule has 0 saturated carbocycles. The van der Waals surface area contributed by atoms with Crippen molar-refractivity contribution >= 4 is 17.6 Å². The number of hydrogen-bond donors (Lipinski definition) is 2. The van der Waals surface area contributed by atoms with Crippen molar-refractivity contribution in [3.05, 3.63) is 22.4 Å². The molecular formula is C10H11F3N6OS. The molecule has 0 spiro atoms. The Kier molecular flexibility index (Phi) is 4.21. The van der Waals surface area contributed by atoms with E-state index < -0.39 is 17.7 Å². The van der Waals surface area contributed by atoms with E-state index in [1.54, 1.807) is 6.92 Å². The molecule has 2 aromatic rings. The molecule has 2 aromatic heterocycles. The summed E-state index contributed by atoms with van der Waals surface area (Å²) in [6.07, 6.45) is -4.65. The molecule has 0 fully saturated rings. The molecule has 114 valence electrons. The minimum atomic E-state index is -4.65. The summed E-state index contributed by atoms with van der Waals surface area (Å²) in [6, 6.07) is 1.36. The van der Waals surface area contributed by atoms with Crippen LogP contribution in [0, 0.1) is 0 Å². The van der Waals surface area contributed by atoms with E-state index >= 15 is 0 Å². The molecule has 0 bridgehead atoms. The largest absolute Gasteiger partial charge is 0.451 e. The first-order valence-corrected chi connectivity index (χ1v) is 6.62. The Hall–Kier alpha value is -2.04. The van der Waals surface area contributed by atoms with E-state index in [0.717, 1.165) is 11.8 Å². The summed E-state index contributed by atoms with van der Waals surface area (Å²) in [7, 11) is 1.45. The summed E-state index contributed by atoms with van der Waals surface area (Å²) in [5.41, 5.74) is -0.463. The number of nitrogens with one attached hydrogen (secondary N) is 2. The van der Waals surface area contributed by atoms with Gasteiger partial charge in [-0.1, -0.05) is 0 Å². The Labute approximate surface area is 121 Å². The van der Waals surface area contributed by atoms with Gasteiger partial charge in [0.15, 0.2) is 5.16 Å². The zero-order valence-electron chi connectivity index (χ0n) is 11.0. The van der Waals surface area contributed by atoms with Gasteiger partial charge in [0.05, 0.1) is 0 Å². The van der Waals surface area contributed by atoms with Crippen LogP contribution < -0.4 is 11.0 Å². The lowest BCUT2D eigenvalue weighted by atomic mass is 10.5. The quantitative estimate of drug-likeness (QED) is 0.830. The van der Waals surface area contributed by atoms with Gasteiger partial charge in [-0.25, -0.2) is 19.9 Å².